The first-order valence-corrected chi connectivity index (χ1v) is 23.3. The predicted octanol–water partition coefficient (Wildman–Crippen LogP) is 17.6. The van der Waals surface area contributed by atoms with Gasteiger partial charge < -0.3 is 18.9 Å². The highest BCUT2D eigenvalue weighted by molar-refractivity contribution is 6.10. The molecule has 13 rings (SSSR count). The number of hydrogen-bond acceptors (Lipinski definition) is 2. The van der Waals surface area contributed by atoms with E-state index in [1.807, 2.05) is 0 Å². The van der Waals surface area contributed by atoms with Crippen molar-refractivity contribution < 1.29 is 0 Å². The summed E-state index contributed by atoms with van der Waals surface area (Å²) < 4.78 is 4.74. The Hall–Kier alpha value is -9.12. The van der Waals surface area contributed by atoms with E-state index in [-0.39, 0.29) is 0 Å². The van der Waals surface area contributed by atoms with Crippen LogP contribution in [0, 0.1) is 0 Å². The summed E-state index contributed by atoms with van der Waals surface area (Å²) in [7, 11) is 0. The van der Waals surface area contributed by atoms with Gasteiger partial charge in [0.1, 0.15) is 0 Å². The first-order valence-electron chi connectivity index (χ1n) is 23.3. The van der Waals surface area contributed by atoms with Crippen LogP contribution in [0.25, 0.3) is 76.9 Å². The van der Waals surface area contributed by atoms with Gasteiger partial charge in [-0.05, 0) is 143 Å². The highest BCUT2D eigenvalue weighted by atomic mass is 15.1. The number of fused-ring (bicyclic) bond motifs is 7. The second-order valence-corrected chi connectivity index (χ2v) is 17.4. The molecule has 0 unspecified atom stereocenters. The maximum atomic E-state index is 2.37. The summed E-state index contributed by atoms with van der Waals surface area (Å²) in [5.41, 5.74) is 16.0. The molecular formula is C64H44N4. The molecule has 13 aromatic rings. The fraction of sp³-hybridized carbons (Fsp3) is 0. The monoisotopic (exact) mass is 868 g/mol. The fourth-order valence-corrected chi connectivity index (χ4v) is 10.3. The van der Waals surface area contributed by atoms with Crippen LogP contribution in [-0.2, 0) is 0 Å². The van der Waals surface area contributed by atoms with Crippen LogP contribution >= 0.6 is 0 Å². The summed E-state index contributed by atoms with van der Waals surface area (Å²) in [6.07, 6.45) is 0. The van der Waals surface area contributed by atoms with Gasteiger partial charge in [-0.3, -0.25) is 0 Å². The molecule has 2 heterocycles. The molecule has 0 amide bonds. The third-order valence-corrected chi connectivity index (χ3v) is 13.5. The first kappa shape index (κ1) is 39.3. The zero-order chi connectivity index (χ0) is 45.0. The Morgan fingerprint density at radius 1 is 0.221 bits per heavy atom. The van der Waals surface area contributed by atoms with Crippen LogP contribution in [0.15, 0.2) is 267 Å². The van der Waals surface area contributed by atoms with Crippen molar-refractivity contribution in [1.29, 1.82) is 0 Å². The minimum Gasteiger partial charge on any atom is -0.311 e. The summed E-state index contributed by atoms with van der Waals surface area (Å²) in [6.45, 7) is 0. The Bertz CT molecular complexity index is 3830. The van der Waals surface area contributed by atoms with Crippen molar-refractivity contribution in [3.05, 3.63) is 267 Å². The van der Waals surface area contributed by atoms with Gasteiger partial charge in [-0.15, -0.1) is 0 Å². The van der Waals surface area contributed by atoms with E-state index in [1.165, 1.54) is 54.4 Å². The van der Waals surface area contributed by atoms with E-state index in [0.29, 0.717) is 0 Å². The average Bonchev–Trinajstić information content (AvgIpc) is 3.93. The van der Waals surface area contributed by atoms with Gasteiger partial charge >= 0.3 is 0 Å². The molecule has 0 fully saturated rings. The highest BCUT2D eigenvalue weighted by Crippen LogP contribution is 2.41. The minimum absolute atomic E-state index is 1.09. The summed E-state index contributed by atoms with van der Waals surface area (Å²) >= 11 is 0. The smallest absolute Gasteiger partial charge is 0.0541 e. The Morgan fingerprint density at radius 2 is 0.529 bits per heavy atom. The molecular weight excluding hydrogens is 825 g/mol. The third-order valence-electron chi connectivity index (χ3n) is 13.5. The van der Waals surface area contributed by atoms with Crippen molar-refractivity contribution in [1.82, 2.24) is 9.13 Å². The van der Waals surface area contributed by atoms with Gasteiger partial charge in [0.15, 0.2) is 0 Å². The van der Waals surface area contributed by atoms with Crippen LogP contribution in [-0.4, -0.2) is 9.13 Å². The molecule has 4 nitrogen and oxygen atoms in total. The number of hydrogen-bond donors (Lipinski definition) is 0. The van der Waals surface area contributed by atoms with Crippen molar-refractivity contribution in [2.75, 3.05) is 9.80 Å². The van der Waals surface area contributed by atoms with Gasteiger partial charge in [0.05, 0.1) is 22.1 Å². The van der Waals surface area contributed by atoms with Crippen molar-refractivity contribution in [3.8, 4) is 22.5 Å². The lowest BCUT2D eigenvalue weighted by Crippen LogP contribution is -2.10. The van der Waals surface area contributed by atoms with E-state index in [2.05, 4.69) is 286 Å². The Kier molecular flexibility index (Phi) is 9.47. The summed E-state index contributed by atoms with van der Waals surface area (Å²) in [5.74, 6) is 0. The molecule has 0 saturated heterocycles. The zero-order valence-electron chi connectivity index (χ0n) is 37.2. The number of aromatic nitrogens is 2. The van der Waals surface area contributed by atoms with E-state index < -0.39 is 0 Å². The lowest BCUT2D eigenvalue weighted by Gasteiger charge is -2.27. The van der Waals surface area contributed by atoms with E-state index in [1.54, 1.807) is 0 Å². The molecule has 320 valence electrons. The second-order valence-electron chi connectivity index (χ2n) is 17.4. The van der Waals surface area contributed by atoms with Crippen LogP contribution in [0.3, 0.4) is 0 Å². The second kappa shape index (κ2) is 16.4. The minimum atomic E-state index is 1.09. The predicted molar refractivity (Wildman–Crippen MR) is 287 cm³/mol. The van der Waals surface area contributed by atoms with Gasteiger partial charge in [-0.1, -0.05) is 146 Å². The van der Waals surface area contributed by atoms with Crippen molar-refractivity contribution >= 4 is 88.5 Å². The molecule has 4 heteroatoms. The molecule has 0 aliphatic carbocycles. The standard InChI is InChI=1S/C64H44N4/c1-2-16-49(17-3-1)65(52-36-40-54(41-37-52)67-61-22-10-6-18-57(61)58-19-7-11-23-62(58)67)50-31-26-46(27-32-50)47-28-33-51(34-29-47)66(56-35-30-45-14-4-5-15-48(45)44-56)53-38-42-55(43-39-53)68-63-24-12-8-20-59(63)60-21-9-13-25-64(60)68/h1-44H. The maximum absolute atomic E-state index is 2.37. The van der Waals surface area contributed by atoms with E-state index in [4.69, 9.17) is 0 Å². The lowest BCUT2D eigenvalue weighted by atomic mass is 10.0. The van der Waals surface area contributed by atoms with Gasteiger partial charge in [0.25, 0.3) is 0 Å². The molecule has 0 aliphatic heterocycles. The molecule has 11 aromatic carbocycles. The molecule has 0 N–H and O–H groups in total. The number of benzene rings is 11. The molecule has 0 aliphatic rings. The lowest BCUT2D eigenvalue weighted by molar-refractivity contribution is 1.17. The molecule has 0 atom stereocenters. The Morgan fingerprint density at radius 3 is 0.956 bits per heavy atom. The average molecular weight is 869 g/mol. The fourth-order valence-electron chi connectivity index (χ4n) is 10.3. The Labute approximate surface area is 395 Å². The number of anilines is 6. The zero-order valence-corrected chi connectivity index (χ0v) is 37.2. The van der Waals surface area contributed by atoms with Crippen LogP contribution < -0.4 is 9.80 Å². The topological polar surface area (TPSA) is 16.3 Å². The number of rotatable bonds is 9. The molecule has 0 spiro atoms. The van der Waals surface area contributed by atoms with E-state index in [0.717, 1.165) is 56.6 Å². The normalized spacial score (nSPS) is 11.5. The molecule has 0 radical (unpaired) electrons. The molecule has 0 saturated carbocycles. The van der Waals surface area contributed by atoms with Gasteiger partial charge in [-0.2, -0.15) is 0 Å². The Balaban J connectivity index is 0.831. The molecule has 68 heavy (non-hydrogen) atoms. The van der Waals surface area contributed by atoms with Crippen LogP contribution in [0.1, 0.15) is 0 Å². The van der Waals surface area contributed by atoms with E-state index >= 15 is 0 Å². The van der Waals surface area contributed by atoms with Gasteiger partial charge in [-0.25, -0.2) is 0 Å². The van der Waals surface area contributed by atoms with Crippen molar-refractivity contribution in [2.45, 2.75) is 0 Å². The van der Waals surface area contributed by atoms with Gasteiger partial charge in [0.2, 0.25) is 0 Å². The molecule has 2 aromatic heterocycles. The summed E-state index contributed by atoms with van der Waals surface area (Å²) in [6, 6.07) is 96.5. The van der Waals surface area contributed by atoms with Crippen LogP contribution in [0.5, 0.6) is 0 Å². The van der Waals surface area contributed by atoms with Crippen molar-refractivity contribution in [2.24, 2.45) is 0 Å². The van der Waals surface area contributed by atoms with Crippen LogP contribution in [0.2, 0.25) is 0 Å². The maximum Gasteiger partial charge on any atom is 0.0541 e. The van der Waals surface area contributed by atoms with Crippen LogP contribution in [0.4, 0.5) is 34.1 Å². The third kappa shape index (κ3) is 6.69. The quantitative estimate of drug-likeness (QED) is 0.144. The molecule has 0 bridgehead atoms. The first-order chi connectivity index (χ1) is 33.7. The SMILES string of the molecule is c1ccc(N(c2ccc(-c3ccc(N(c4ccc(-n5c6ccccc6c6ccccc65)cc4)c4ccc5ccccc5c4)cc3)cc2)c2ccc(-n3c4ccccc4c4ccccc43)cc2)cc1. The number of para-hydroxylation sites is 5. The largest absolute Gasteiger partial charge is 0.311 e. The summed E-state index contributed by atoms with van der Waals surface area (Å²) in [5, 5.41) is 7.47. The number of nitrogens with zero attached hydrogens (tertiary/aromatic N) is 4. The highest BCUT2D eigenvalue weighted by Gasteiger charge is 2.18. The summed E-state index contributed by atoms with van der Waals surface area (Å²) in [4.78, 5) is 4.69. The van der Waals surface area contributed by atoms with Crippen molar-refractivity contribution in [3.63, 3.8) is 0 Å². The van der Waals surface area contributed by atoms with E-state index in [9.17, 15) is 0 Å². The van der Waals surface area contributed by atoms with Gasteiger partial charge in [0, 0.05) is 67.0 Å².